The molecule has 1 fully saturated rings. The van der Waals surface area contributed by atoms with Gasteiger partial charge >= 0.3 is 0 Å². The van der Waals surface area contributed by atoms with Crippen LogP contribution in [0, 0.1) is 11.6 Å². The number of nitrogens with one attached hydrogen (secondary N) is 1. The molecular formula is C28H27BF3N4OS. The normalized spacial score (nSPS) is 17.9. The van der Waals surface area contributed by atoms with Crippen molar-refractivity contribution in [2.45, 2.75) is 48.5 Å². The molecule has 2 heterocycles. The lowest BCUT2D eigenvalue weighted by Crippen LogP contribution is -2.34. The highest BCUT2D eigenvalue weighted by Gasteiger charge is 2.52. The number of hydrogen-bond acceptors (Lipinski definition) is 5. The van der Waals surface area contributed by atoms with Crippen LogP contribution >= 0.6 is 11.8 Å². The molecule has 1 aliphatic carbocycles. The van der Waals surface area contributed by atoms with Gasteiger partial charge in [-0.15, -0.1) is 11.8 Å². The van der Waals surface area contributed by atoms with Crippen molar-refractivity contribution in [2.75, 3.05) is 12.4 Å². The number of rotatable bonds is 9. The number of thioether (sulfide) groups is 1. The van der Waals surface area contributed by atoms with Crippen molar-refractivity contribution >= 4 is 42.8 Å². The van der Waals surface area contributed by atoms with Gasteiger partial charge in [-0.1, -0.05) is 18.7 Å². The topological polar surface area (TPSA) is 80.4 Å². The third kappa shape index (κ3) is 5.11. The van der Waals surface area contributed by atoms with Crippen molar-refractivity contribution in [2.24, 2.45) is 10.7 Å². The molecule has 1 aromatic heterocycles. The van der Waals surface area contributed by atoms with E-state index in [1.807, 2.05) is 6.07 Å². The summed E-state index contributed by atoms with van der Waals surface area (Å²) in [4.78, 5) is 22.0. The zero-order chi connectivity index (χ0) is 27.0. The summed E-state index contributed by atoms with van der Waals surface area (Å²) in [5.74, 6) is -1.85. The van der Waals surface area contributed by atoms with Crippen LogP contribution in [0.4, 0.5) is 18.9 Å². The smallest absolute Gasteiger partial charge is 0.251 e. The van der Waals surface area contributed by atoms with Crippen LogP contribution in [0.15, 0.2) is 52.4 Å². The number of aromatic nitrogens is 1. The number of carbonyl (C=O) groups is 1. The van der Waals surface area contributed by atoms with Gasteiger partial charge in [-0.05, 0) is 79.1 Å². The highest BCUT2D eigenvalue weighted by atomic mass is 32.2. The molecule has 2 atom stereocenters. The maximum atomic E-state index is 15.7. The Morgan fingerprint density at radius 1 is 1.29 bits per heavy atom. The van der Waals surface area contributed by atoms with Crippen LogP contribution in [-0.2, 0) is 0 Å². The summed E-state index contributed by atoms with van der Waals surface area (Å²) in [7, 11) is 2.11. The van der Waals surface area contributed by atoms with Crippen LogP contribution in [0.3, 0.4) is 0 Å². The molecule has 195 valence electrons. The van der Waals surface area contributed by atoms with Crippen LogP contribution < -0.4 is 16.5 Å². The van der Waals surface area contributed by atoms with E-state index in [0.29, 0.717) is 29.1 Å². The van der Waals surface area contributed by atoms with E-state index in [1.54, 1.807) is 12.1 Å². The maximum Gasteiger partial charge on any atom is 0.251 e. The van der Waals surface area contributed by atoms with Crippen LogP contribution in [0.25, 0.3) is 11.3 Å². The molecule has 38 heavy (non-hydrogen) atoms. The fourth-order valence-corrected chi connectivity index (χ4v) is 5.71. The second-order valence-electron chi connectivity index (χ2n) is 9.82. The molecule has 2 aliphatic rings. The van der Waals surface area contributed by atoms with Crippen molar-refractivity contribution in [1.29, 1.82) is 0 Å². The lowest BCUT2D eigenvalue weighted by atomic mass is 9.70. The molecule has 0 bridgehead atoms. The van der Waals surface area contributed by atoms with E-state index in [4.69, 9.17) is 10.7 Å². The molecule has 5 nitrogen and oxygen atoms in total. The van der Waals surface area contributed by atoms with Crippen molar-refractivity contribution in [1.82, 2.24) is 10.3 Å². The highest BCUT2D eigenvalue weighted by molar-refractivity contribution is 7.99. The predicted molar refractivity (Wildman–Crippen MR) is 147 cm³/mol. The SMILES string of the molecule is C=Nc1c(F)cc(C(=O)NCC(c2cc3c(c(-c4ccc(F)cc4)n2)[B]CC3C)C2(F)CC2)cc1SCN. The van der Waals surface area contributed by atoms with Crippen molar-refractivity contribution in [3.63, 3.8) is 0 Å². The number of nitrogens with two attached hydrogens (primary N) is 1. The van der Waals surface area contributed by atoms with Crippen LogP contribution in [0.5, 0.6) is 0 Å². The lowest BCUT2D eigenvalue weighted by Gasteiger charge is -2.24. The van der Waals surface area contributed by atoms with E-state index in [1.165, 1.54) is 18.2 Å². The standard InChI is InChI=1S/C28H27BF3N4OS/c1-15-12-29-24-19(15)11-22(36-25(24)16-3-5-18(30)6-4-16)20(28(32)7-8-28)13-35-27(37)17-9-21(31)26(34-2)23(10-17)38-14-33/h3-6,9-11,15,20H,2,7-8,12-14,33H2,1H3,(H,35,37). The van der Waals surface area contributed by atoms with Gasteiger partial charge in [0.05, 0.1) is 11.6 Å². The summed E-state index contributed by atoms with van der Waals surface area (Å²) in [5.41, 5.74) is 8.24. The van der Waals surface area contributed by atoms with Gasteiger partial charge in [0.25, 0.3) is 5.91 Å². The van der Waals surface area contributed by atoms with Gasteiger partial charge in [0.1, 0.15) is 17.2 Å². The number of hydrogen-bond donors (Lipinski definition) is 2. The monoisotopic (exact) mass is 535 g/mol. The summed E-state index contributed by atoms with van der Waals surface area (Å²) >= 11 is 1.15. The minimum absolute atomic E-state index is 0.00941. The van der Waals surface area contributed by atoms with E-state index >= 15 is 4.39 Å². The maximum absolute atomic E-state index is 15.7. The van der Waals surface area contributed by atoms with E-state index in [0.717, 1.165) is 40.7 Å². The van der Waals surface area contributed by atoms with Gasteiger partial charge in [-0.2, -0.15) is 0 Å². The molecule has 3 N–H and O–H groups in total. The van der Waals surface area contributed by atoms with Crippen molar-refractivity contribution < 1.29 is 18.0 Å². The molecular weight excluding hydrogens is 508 g/mol. The number of benzene rings is 2. The molecule has 1 amide bonds. The van der Waals surface area contributed by atoms with Gasteiger partial charge in [0.2, 0.25) is 0 Å². The molecule has 2 aromatic carbocycles. The fraction of sp³-hybridized carbons (Fsp3) is 0.321. The minimum atomic E-state index is -1.50. The Bertz CT molecular complexity index is 1400. The van der Waals surface area contributed by atoms with Crippen molar-refractivity contribution in [3.05, 3.63) is 70.9 Å². The quantitative estimate of drug-likeness (QED) is 0.170. The Hall–Kier alpha value is -3.11. The summed E-state index contributed by atoms with van der Waals surface area (Å²) < 4.78 is 43.9. The van der Waals surface area contributed by atoms with E-state index in [9.17, 15) is 13.6 Å². The van der Waals surface area contributed by atoms with Gasteiger partial charge in [-0.3, -0.25) is 14.8 Å². The third-order valence-corrected chi connectivity index (χ3v) is 8.09. The average Bonchev–Trinajstić information content (AvgIpc) is 3.54. The fourth-order valence-electron chi connectivity index (χ4n) is 5.02. The predicted octanol–water partition coefficient (Wildman–Crippen LogP) is 5.25. The second-order valence-corrected chi connectivity index (χ2v) is 10.9. The largest absolute Gasteiger partial charge is 0.351 e. The number of carbonyl (C=O) groups excluding carboxylic acids is 1. The van der Waals surface area contributed by atoms with E-state index in [2.05, 4.69) is 31.2 Å². The molecule has 10 heteroatoms. The Morgan fingerprint density at radius 2 is 2.03 bits per heavy atom. The zero-order valence-corrected chi connectivity index (χ0v) is 21.8. The first-order chi connectivity index (χ1) is 18.2. The van der Waals surface area contributed by atoms with E-state index in [-0.39, 0.29) is 35.4 Å². The third-order valence-electron chi connectivity index (χ3n) is 7.30. The number of halogens is 3. The summed E-state index contributed by atoms with van der Waals surface area (Å²) in [6, 6.07) is 10.6. The Morgan fingerprint density at radius 3 is 2.68 bits per heavy atom. The molecule has 1 saturated carbocycles. The van der Waals surface area contributed by atoms with Crippen LogP contribution in [-0.4, -0.2) is 43.0 Å². The number of alkyl halides is 1. The first-order valence-corrected chi connectivity index (χ1v) is 13.5. The number of fused-ring (bicyclic) bond motifs is 1. The second kappa shape index (κ2) is 10.6. The molecule has 0 saturated heterocycles. The highest BCUT2D eigenvalue weighted by Crippen LogP contribution is 2.51. The van der Waals surface area contributed by atoms with Crippen LogP contribution in [0.1, 0.15) is 53.2 Å². The summed E-state index contributed by atoms with van der Waals surface area (Å²) in [6.45, 7) is 5.48. The van der Waals surface area contributed by atoms with Gasteiger partial charge in [0.15, 0.2) is 13.1 Å². The number of pyridine rings is 1. The van der Waals surface area contributed by atoms with Gasteiger partial charge < -0.3 is 11.1 Å². The molecule has 3 aromatic rings. The Kier molecular flexibility index (Phi) is 7.37. The van der Waals surface area contributed by atoms with Crippen molar-refractivity contribution in [3.8, 4) is 11.3 Å². The molecule has 5 rings (SSSR count). The van der Waals surface area contributed by atoms with E-state index < -0.39 is 23.3 Å². The number of amides is 1. The minimum Gasteiger partial charge on any atom is -0.351 e. The number of nitrogens with zero attached hydrogens (tertiary/aromatic N) is 2. The van der Waals surface area contributed by atoms with Crippen LogP contribution in [0.2, 0.25) is 6.32 Å². The van der Waals surface area contributed by atoms with Gasteiger partial charge in [0, 0.05) is 28.6 Å². The summed E-state index contributed by atoms with van der Waals surface area (Å²) in [5, 5.41) is 2.79. The molecule has 2 unspecified atom stereocenters. The molecule has 1 aliphatic heterocycles. The zero-order valence-electron chi connectivity index (χ0n) is 20.9. The Balaban J connectivity index is 1.47. The van der Waals surface area contributed by atoms with Gasteiger partial charge in [-0.25, -0.2) is 13.2 Å². The lowest BCUT2D eigenvalue weighted by molar-refractivity contribution is 0.0943. The first kappa shape index (κ1) is 26.5. The summed E-state index contributed by atoms with van der Waals surface area (Å²) in [6.07, 6.45) is 1.57. The average molecular weight is 535 g/mol. The Labute approximate surface area is 224 Å². The molecule has 1 radical (unpaired) electrons. The number of aliphatic imine (C=N–C) groups is 1. The first-order valence-electron chi connectivity index (χ1n) is 12.5. The molecule has 0 spiro atoms.